The van der Waals surface area contributed by atoms with Gasteiger partial charge in [-0.15, -0.1) is 0 Å². The summed E-state index contributed by atoms with van der Waals surface area (Å²) in [6.07, 6.45) is 0.722. The van der Waals surface area contributed by atoms with Crippen LogP contribution >= 0.6 is 15.9 Å². The molecule has 0 N–H and O–H groups in total. The number of benzene rings is 1. The van der Waals surface area contributed by atoms with Crippen molar-refractivity contribution in [2.24, 2.45) is 0 Å². The van der Waals surface area contributed by atoms with E-state index in [9.17, 15) is 4.79 Å². The zero-order valence-electron chi connectivity index (χ0n) is 7.61. The lowest BCUT2D eigenvalue weighted by Gasteiger charge is -2.05. The van der Waals surface area contributed by atoms with E-state index >= 15 is 0 Å². The molecule has 1 aromatic carbocycles. The maximum Gasteiger partial charge on any atom is 0.145 e. The van der Waals surface area contributed by atoms with E-state index in [4.69, 9.17) is 9.47 Å². The second kappa shape index (κ2) is 6.56. The molecule has 1 rings (SSSR count). The molecular formula is C10H11BrO3. The number of hydrogen-bond acceptors (Lipinski definition) is 3. The van der Waals surface area contributed by atoms with E-state index in [1.165, 1.54) is 0 Å². The lowest BCUT2D eigenvalue weighted by atomic mass is 10.3. The smallest absolute Gasteiger partial charge is 0.145 e. The molecule has 0 aliphatic rings. The lowest BCUT2D eigenvalue weighted by molar-refractivity contribution is -0.112. The first-order valence-electron chi connectivity index (χ1n) is 4.22. The minimum absolute atomic E-state index is 0.129. The van der Waals surface area contributed by atoms with Gasteiger partial charge in [-0.2, -0.15) is 0 Å². The van der Waals surface area contributed by atoms with Crippen molar-refractivity contribution in [1.82, 2.24) is 0 Å². The van der Waals surface area contributed by atoms with Crippen molar-refractivity contribution >= 4 is 22.2 Å². The first-order chi connectivity index (χ1) is 6.83. The van der Waals surface area contributed by atoms with Crippen molar-refractivity contribution in [2.45, 2.75) is 0 Å². The Morgan fingerprint density at radius 3 is 2.57 bits per heavy atom. The Hall–Kier alpha value is -0.870. The number of carbonyl (C=O) groups excluding carboxylic acids is 1. The summed E-state index contributed by atoms with van der Waals surface area (Å²) in [7, 11) is 0. The Bertz CT molecular complexity index is 271. The summed E-state index contributed by atoms with van der Waals surface area (Å²) in [5.74, 6) is 0.794. The standard InChI is InChI=1S/C10H11BrO3/c11-9-1-3-10(4-2-9)14-8-7-13-6-5-12/h1-5H,6-8H2. The van der Waals surface area contributed by atoms with Crippen LogP contribution in [0.5, 0.6) is 5.75 Å². The Morgan fingerprint density at radius 1 is 1.21 bits per heavy atom. The van der Waals surface area contributed by atoms with Crippen molar-refractivity contribution in [1.29, 1.82) is 0 Å². The van der Waals surface area contributed by atoms with Gasteiger partial charge in [-0.1, -0.05) is 15.9 Å². The molecule has 0 spiro atoms. The van der Waals surface area contributed by atoms with Gasteiger partial charge >= 0.3 is 0 Å². The van der Waals surface area contributed by atoms with Gasteiger partial charge in [0.15, 0.2) is 0 Å². The summed E-state index contributed by atoms with van der Waals surface area (Å²) < 4.78 is 11.3. The molecule has 0 radical (unpaired) electrons. The summed E-state index contributed by atoms with van der Waals surface area (Å²) in [5.41, 5.74) is 0. The zero-order chi connectivity index (χ0) is 10.2. The Labute approximate surface area is 91.1 Å². The van der Waals surface area contributed by atoms with Gasteiger partial charge in [0.1, 0.15) is 25.2 Å². The van der Waals surface area contributed by atoms with Crippen LogP contribution in [0.4, 0.5) is 0 Å². The monoisotopic (exact) mass is 258 g/mol. The molecular weight excluding hydrogens is 248 g/mol. The normalized spacial score (nSPS) is 9.79. The van der Waals surface area contributed by atoms with Crippen LogP contribution in [0.25, 0.3) is 0 Å². The maximum atomic E-state index is 9.90. The fourth-order valence-corrected chi connectivity index (χ4v) is 1.15. The van der Waals surface area contributed by atoms with Crippen molar-refractivity contribution in [2.75, 3.05) is 19.8 Å². The van der Waals surface area contributed by atoms with Crippen LogP contribution in [0.15, 0.2) is 28.7 Å². The van der Waals surface area contributed by atoms with Crippen LogP contribution in [-0.2, 0) is 9.53 Å². The van der Waals surface area contributed by atoms with E-state index in [0.29, 0.717) is 13.2 Å². The Balaban J connectivity index is 2.18. The molecule has 0 aromatic heterocycles. The van der Waals surface area contributed by atoms with Crippen molar-refractivity contribution < 1.29 is 14.3 Å². The topological polar surface area (TPSA) is 35.5 Å². The molecule has 0 saturated carbocycles. The highest BCUT2D eigenvalue weighted by Gasteiger charge is 1.93. The predicted molar refractivity (Wildman–Crippen MR) is 56.5 cm³/mol. The second-order valence-corrected chi connectivity index (χ2v) is 3.46. The molecule has 0 aliphatic carbocycles. The van der Waals surface area contributed by atoms with E-state index < -0.39 is 0 Å². The highest BCUT2D eigenvalue weighted by Crippen LogP contribution is 2.15. The summed E-state index contributed by atoms with van der Waals surface area (Å²) >= 11 is 3.33. The van der Waals surface area contributed by atoms with Gasteiger partial charge in [0.25, 0.3) is 0 Å². The molecule has 0 amide bonds. The minimum atomic E-state index is 0.129. The van der Waals surface area contributed by atoms with Gasteiger partial charge in [0.2, 0.25) is 0 Å². The lowest BCUT2D eigenvalue weighted by Crippen LogP contribution is -2.07. The summed E-state index contributed by atoms with van der Waals surface area (Å²) in [6, 6.07) is 7.54. The molecule has 0 aliphatic heterocycles. The Kier molecular flexibility index (Phi) is 5.25. The van der Waals surface area contributed by atoms with E-state index in [1.54, 1.807) is 0 Å². The first-order valence-corrected chi connectivity index (χ1v) is 5.02. The van der Waals surface area contributed by atoms with Crippen molar-refractivity contribution in [3.05, 3.63) is 28.7 Å². The maximum absolute atomic E-state index is 9.90. The minimum Gasteiger partial charge on any atom is -0.491 e. The fraction of sp³-hybridized carbons (Fsp3) is 0.300. The highest BCUT2D eigenvalue weighted by atomic mass is 79.9. The third kappa shape index (κ3) is 4.39. The van der Waals surface area contributed by atoms with Crippen LogP contribution < -0.4 is 4.74 Å². The molecule has 14 heavy (non-hydrogen) atoms. The van der Waals surface area contributed by atoms with E-state index in [-0.39, 0.29) is 6.61 Å². The zero-order valence-corrected chi connectivity index (χ0v) is 9.20. The second-order valence-electron chi connectivity index (χ2n) is 2.54. The van der Waals surface area contributed by atoms with Crippen LogP contribution in [0.3, 0.4) is 0 Å². The molecule has 0 saturated heterocycles. The molecule has 0 fully saturated rings. The van der Waals surface area contributed by atoms with Crippen molar-refractivity contribution in [3.63, 3.8) is 0 Å². The number of ether oxygens (including phenoxy) is 2. The summed E-state index contributed by atoms with van der Waals surface area (Å²) in [4.78, 5) is 9.90. The van der Waals surface area contributed by atoms with Gasteiger partial charge < -0.3 is 14.3 Å². The molecule has 0 unspecified atom stereocenters. The average molecular weight is 259 g/mol. The largest absolute Gasteiger partial charge is 0.491 e. The highest BCUT2D eigenvalue weighted by molar-refractivity contribution is 9.10. The molecule has 1 aromatic rings. The van der Waals surface area contributed by atoms with E-state index in [1.807, 2.05) is 24.3 Å². The number of halogens is 1. The molecule has 0 atom stereocenters. The molecule has 4 heteroatoms. The summed E-state index contributed by atoms with van der Waals surface area (Å²) in [6.45, 7) is 1.01. The van der Waals surface area contributed by atoms with Crippen LogP contribution in [0.2, 0.25) is 0 Å². The average Bonchev–Trinajstić information content (AvgIpc) is 2.21. The van der Waals surface area contributed by atoms with Crippen LogP contribution in [0.1, 0.15) is 0 Å². The third-order valence-corrected chi connectivity index (χ3v) is 2.02. The Morgan fingerprint density at radius 2 is 1.93 bits per heavy atom. The summed E-state index contributed by atoms with van der Waals surface area (Å²) in [5, 5.41) is 0. The van der Waals surface area contributed by atoms with Gasteiger partial charge in [0.05, 0.1) is 6.61 Å². The first kappa shape index (κ1) is 11.2. The number of rotatable bonds is 6. The molecule has 0 bridgehead atoms. The predicted octanol–water partition coefficient (Wildman–Crippen LogP) is 2.04. The van der Waals surface area contributed by atoms with Gasteiger partial charge in [-0.3, -0.25) is 0 Å². The fourth-order valence-electron chi connectivity index (χ4n) is 0.881. The van der Waals surface area contributed by atoms with Crippen molar-refractivity contribution in [3.8, 4) is 5.75 Å². The SMILES string of the molecule is O=CCOCCOc1ccc(Br)cc1. The third-order valence-electron chi connectivity index (χ3n) is 1.50. The molecule has 3 nitrogen and oxygen atoms in total. The number of hydrogen-bond donors (Lipinski definition) is 0. The van der Waals surface area contributed by atoms with Gasteiger partial charge in [-0.25, -0.2) is 0 Å². The van der Waals surface area contributed by atoms with Gasteiger partial charge in [0, 0.05) is 4.47 Å². The van der Waals surface area contributed by atoms with E-state index in [0.717, 1.165) is 16.5 Å². The van der Waals surface area contributed by atoms with Crippen LogP contribution in [-0.4, -0.2) is 26.1 Å². The number of carbonyl (C=O) groups is 1. The number of aldehydes is 1. The van der Waals surface area contributed by atoms with E-state index in [2.05, 4.69) is 15.9 Å². The van der Waals surface area contributed by atoms with Gasteiger partial charge in [-0.05, 0) is 24.3 Å². The molecule has 0 heterocycles. The quantitative estimate of drug-likeness (QED) is 0.579. The molecule has 76 valence electrons. The van der Waals surface area contributed by atoms with Crippen LogP contribution in [0, 0.1) is 0 Å².